The number of hydrogen-bond donors (Lipinski definition) is 1. The number of hydrogen-bond acceptors (Lipinski definition) is 2. The van der Waals surface area contributed by atoms with Crippen molar-refractivity contribution < 1.29 is 5.11 Å². The van der Waals surface area contributed by atoms with Crippen LogP contribution in [0.25, 0.3) is 0 Å². The van der Waals surface area contributed by atoms with E-state index in [9.17, 15) is 0 Å². The maximum Gasteiger partial charge on any atom is 0.0809 e. The molecule has 0 saturated carbocycles. The van der Waals surface area contributed by atoms with E-state index in [0.29, 0.717) is 10.6 Å². The van der Waals surface area contributed by atoms with Crippen LogP contribution in [0.3, 0.4) is 0 Å². The Hall–Kier alpha value is 0.980. The average molecular weight is 326 g/mol. The fraction of sp³-hybridized carbons (Fsp3) is 0.250. The van der Waals surface area contributed by atoms with Crippen molar-refractivity contribution in [3.8, 4) is 0 Å². The fourth-order valence-corrected chi connectivity index (χ4v) is 3.19. The van der Waals surface area contributed by atoms with Crippen LogP contribution < -0.4 is 0 Å². The Morgan fingerprint density at radius 3 is 1.60 bits per heavy atom. The smallest absolute Gasteiger partial charge is 0.0809 e. The van der Waals surface area contributed by atoms with Crippen LogP contribution in [0, 0.1) is 0 Å². The third kappa shape index (κ3) is 3.01. The molecule has 0 aromatic heterocycles. The van der Waals surface area contributed by atoms with Crippen molar-refractivity contribution in [3.05, 3.63) is 25.1 Å². The van der Waals surface area contributed by atoms with Gasteiger partial charge in [-0.3, -0.25) is 0 Å². The number of halogens is 5. The van der Waals surface area contributed by atoms with E-state index in [-0.39, 0.29) is 31.7 Å². The molecule has 0 amide bonds. The van der Waals surface area contributed by atoms with E-state index in [4.69, 9.17) is 63.1 Å². The van der Waals surface area contributed by atoms with Crippen LogP contribution >= 0.6 is 69.8 Å². The molecule has 0 spiro atoms. The SMILES string of the molecule is OCCSc1c(Cl)c(Cl)c(Cl)c(Cl)c1Cl. The van der Waals surface area contributed by atoms with E-state index in [2.05, 4.69) is 0 Å². The van der Waals surface area contributed by atoms with Crippen molar-refractivity contribution in [2.24, 2.45) is 0 Å². The standard InChI is InChI=1S/C8H5Cl5OS/c9-3-4(10)6(12)8(15-2-1-14)7(13)5(3)11/h14H,1-2H2. The Labute approximate surface area is 117 Å². The van der Waals surface area contributed by atoms with Gasteiger partial charge in [0.15, 0.2) is 0 Å². The van der Waals surface area contributed by atoms with Crippen molar-refractivity contribution in [3.63, 3.8) is 0 Å². The molecule has 0 saturated heterocycles. The van der Waals surface area contributed by atoms with Crippen LogP contribution in [0.1, 0.15) is 0 Å². The van der Waals surface area contributed by atoms with Crippen LogP contribution in [-0.2, 0) is 0 Å². The number of thioether (sulfide) groups is 1. The summed E-state index contributed by atoms with van der Waals surface area (Å²) in [7, 11) is 0. The molecular weight excluding hydrogens is 321 g/mol. The molecule has 0 fully saturated rings. The molecule has 0 aliphatic rings. The van der Waals surface area contributed by atoms with E-state index in [0.717, 1.165) is 0 Å². The number of aliphatic hydroxyl groups is 1. The molecule has 0 radical (unpaired) electrons. The topological polar surface area (TPSA) is 20.2 Å². The van der Waals surface area contributed by atoms with E-state index in [1.807, 2.05) is 0 Å². The van der Waals surface area contributed by atoms with Crippen molar-refractivity contribution in [2.75, 3.05) is 12.4 Å². The van der Waals surface area contributed by atoms with Crippen LogP contribution in [0.2, 0.25) is 25.1 Å². The van der Waals surface area contributed by atoms with Gasteiger partial charge >= 0.3 is 0 Å². The third-order valence-electron chi connectivity index (χ3n) is 1.51. The van der Waals surface area contributed by atoms with Crippen LogP contribution in [0.5, 0.6) is 0 Å². The van der Waals surface area contributed by atoms with Crippen molar-refractivity contribution in [1.29, 1.82) is 0 Å². The van der Waals surface area contributed by atoms with Crippen LogP contribution in [0.4, 0.5) is 0 Å². The maximum absolute atomic E-state index is 8.70. The third-order valence-corrected chi connectivity index (χ3v) is 5.09. The first kappa shape index (κ1) is 14.0. The Bertz CT molecular complexity index is 353. The highest BCUT2D eigenvalue weighted by Crippen LogP contribution is 2.47. The van der Waals surface area contributed by atoms with Gasteiger partial charge < -0.3 is 5.11 Å². The summed E-state index contributed by atoms with van der Waals surface area (Å²) in [6, 6.07) is 0. The highest BCUT2D eigenvalue weighted by atomic mass is 35.5. The summed E-state index contributed by atoms with van der Waals surface area (Å²) in [6.45, 7) is 0.00912. The maximum atomic E-state index is 8.70. The van der Waals surface area contributed by atoms with Crippen molar-refractivity contribution >= 4 is 69.8 Å². The molecule has 1 aromatic rings. The quantitative estimate of drug-likeness (QED) is 0.477. The molecule has 1 nitrogen and oxygen atoms in total. The predicted molar refractivity (Wildman–Crippen MR) is 69.3 cm³/mol. The number of benzene rings is 1. The molecule has 0 heterocycles. The monoisotopic (exact) mass is 324 g/mol. The summed E-state index contributed by atoms with van der Waals surface area (Å²) in [5, 5.41) is 9.71. The summed E-state index contributed by atoms with van der Waals surface area (Å²) in [5.41, 5.74) is 0. The highest BCUT2D eigenvalue weighted by Gasteiger charge is 2.19. The molecule has 0 bridgehead atoms. The summed E-state index contributed by atoms with van der Waals surface area (Å²) in [6.07, 6.45) is 0. The van der Waals surface area contributed by atoms with Gasteiger partial charge in [0.25, 0.3) is 0 Å². The highest BCUT2D eigenvalue weighted by molar-refractivity contribution is 7.99. The van der Waals surface area contributed by atoms with E-state index in [1.165, 1.54) is 11.8 Å². The van der Waals surface area contributed by atoms with E-state index >= 15 is 0 Å². The van der Waals surface area contributed by atoms with Gasteiger partial charge in [-0.2, -0.15) is 0 Å². The average Bonchev–Trinajstić information content (AvgIpc) is 2.24. The van der Waals surface area contributed by atoms with E-state index < -0.39 is 0 Å². The van der Waals surface area contributed by atoms with Crippen molar-refractivity contribution in [2.45, 2.75) is 4.90 Å². The second-order valence-corrected chi connectivity index (χ2v) is 5.47. The largest absolute Gasteiger partial charge is 0.396 e. The Morgan fingerprint density at radius 1 is 0.800 bits per heavy atom. The minimum Gasteiger partial charge on any atom is -0.396 e. The van der Waals surface area contributed by atoms with Gasteiger partial charge in [-0.25, -0.2) is 0 Å². The molecule has 1 aromatic carbocycles. The molecular formula is C8H5Cl5OS. The van der Waals surface area contributed by atoms with Crippen molar-refractivity contribution in [1.82, 2.24) is 0 Å². The normalized spacial score (nSPS) is 10.8. The Morgan fingerprint density at radius 2 is 1.20 bits per heavy atom. The molecule has 1 rings (SSSR count). The molecule has 7 heteroatoms. The van der Waals surface area contributed by atoms with Crippen LogP contribution in [0.15, 0.2) is 4.90 Å². The first-order chi connectivity index (χ1) is 7.00. The zero-order valence-corrected chi connectivity index (χ0v) is 11.8. The van der Waals surface area contributed by atoms with E-state index in [1.54, 1.807) is 0 Å². The fourth-order valence-electron chi connectivity index (χ4n) is 0.859. The second kappa shape index (κ2) is 6.06. The predicted octanol–water partition coefficient (Wildman–Crippen LogP) is 5.04. The summed E-state index contributed by atoms with van der Waals surface area (Å²) in [5.74, 6) is 0.452. The molecule has 1 N–H and O–H groups in total. The molecule has 0 aliphatic carbocycles. The van der Waals surface area contributed by atoms with Gasteiger partial charge in [-0.15, -0.1) is 11.8 Å². The summed E-state index contributed by atoms with van der Waals surface area (Å²) < 4.78 is 0. The van der Waals surface area contributed by atoms with Gasteiger partial charge in [0, 0.05) is 10.6 Å². The Kier molecular flexibility index (Phi) is 5.67. The Balaban J connectivity index is 3.26. The minimum atomic E-state index is 0.00912. The summed E-state index contributed by atoms with van der Waals surface area (Å²) >= 11 is 30.7. The lowest BCUT2D eigenvalue weighted by Gasteiger charge is -2.11. The lowest BCUT2D eigenvalue weighted by Crippen LogP contribution is -1.89. The molecule has 0 unspecified atom stereocenters. The molecule has 0 atom stereocenters. The van der Waals surface area contributed by atoms with Gasteiger partial charge in [0.2, 0.25) is 0 Å². The van der Waals surface area contributed by atoms with Gasteiger partial charge in [0.1, 0.15) is 0 Å². The first-order valence-corrected chi connectivity index (χ1v) is 6.63. The molecule has 0 aliphatic heterocycles. The zero-order chi connectivity index (χ0) is 11.6. The summed E-state index contributed by atoms with van der Waals surface area (Å²) in [4.78, 5) is 0.534. The second-order valence-electron chi connectivity index (χ2n) is 2.47. The zero-order valence-electron chi connectivity index (χ0n) is 7.16. The number of rotatable bonds is 3. The number of aliphatic hydroxyl groups excluding tert-OH is 1. The van der Waals surface area contributed by atoms with Gasteiger partial charge in [-0.1, -0.05) is 58.0 Å². The minimum absolute atomic E-state index is 0.00912. The lowest BCUT2D eigenvalue weighted by molar-refractivity contribution is 0.322. The molecule has 84 valence electrons. The first-order valence-electron chi connectivity index (χ1n) is 3.75. The molecule has 15 heavy (non-hydrogen) atoms. The van der Waals surface area contributed by atoms with Gasteiger partial charge in [0.05, 0.1) is 31.7 Å². The van der Waals surface area contributed by atoms with Gasteiger partial charge in [-0.05, 0) is 0 Å². The van der Waals surface area contributed by atoms with Crippen LogP contribution in [-0.4, -0.2) is 17.5 Å². The lowest BCUT2D eigenvalue weighted by atomic mass is 10.3.